The molecule has 0 aromatic carbocycles. The molecule has 0 spiro atoms. The van der Waals surface area contributed by atoms with Crippen LogP contribution in [-0.4, -0.2) is 5.71 Å². The average molecular weight is 125 g/mol. The van der Waals surface area contributed by atoms with Crippen LogP contribution < -0.4 is 0 Å². The number of hydrogen-bond acceptors (Lipinski definition) is 1. The Morgan fingerprint density at radius 2 is 2.22 bits per heavy atom. The lowest BCUT2D eigenvalue weighted by Gasteiger charge is -1.96. The van der Waals surface area contributed by atoms with E-state index in [4.69, 9.17) is 0 Å². The van der Waals surface area contributed by atoms with Gasteiger partial charge in [-0.25, -0.2) is 0 Å². The van der Waals surface area contributed by atoms with Gasteiger partial charge < -0.3 is 0 Å². The Bertz CT molecular complexity index is 103. The minimum atomic E-state index is 1.06. The molecule has 0 saturated carbocycles. The van der Waals surface area contributed by atoms with Crippen molar-refractivity contribution in [1.82, 2.24) is 0 Å². The van der Waals surface area contributed by atoms with Crippen LogP contribution in [0.25, 0.3) is 0 Å². The van der Waals surface area contributed by atoms with Gasteiger partial charge in [-0.2, -0.15) is 0 Å². The molecule has 0 amide bonds. The van der Waals surface area contributed by atoms with Crippen LogP contribution >= 0.6 is 0 Å². The van der Waals surface area contributed by atoms with Crippen molar-refractivity contribution in [3.05, 3.63) is 12.8 Å². The molecule has 0 saturated heterocycles. The van der Waals surface area contributed by atoms with Crippen LogP contribution in [0, 0.1) is 0 Å². The Balaban J connectivity index is 3.66. The number of aliphatic imine (C=N–C) groups is 1. The molecule has 0 radical (unpaired) electrons. The summed E-state index contributed by atoms with van der Waals surface area (Å²) < 4.78 is 0. The highest BCUT2D eigenvalue weighted by Gasteiger charge is 1.89. The Kier molecular flexibility index (Phi) is 5.18. The first kappa shape index (κ1) is 8.41. The molecule has 0 N–H and O–H groups in total. The molecule has 0 atom stereocenters. The summed E-state index contributed by atoms with van der Waals surface area (Å²) in [5, 5.41) is 0. The summed E-state index contributed by atoms with van der Waals surface area (Å²) in [6, 6.07) is 0. The quantitative estimate of drug-likeness (QED) is 0.512. The molecular weight excluding hydrogens is 110 g/mol. The first-order valence-electron chi connectivity index (χ1n) is 3.51. The predicted molar refractivity (Wildman–Crippen MR) is 42.8 cm³/mol. The lowest BCUT2D eigenvalue weighted by Crippen LogP contribution is -1.92. The van der Waals surface area contributed by atoms with Crippen molar-refractivity contribution in [3.63, 3.8) is 0 Å². The van der Waals surface area contributed by atoms with Gasteiger partial charge in [0.15, 0.2) is 0 Å². The zero-order valence-electron chi connectivity index (χ0n) is 6.35. The zero-order chi connectivity index (χ0) is 7.11. The van der Waals surface area contributed by atoms with E-state index in [1.54, 1.807) is 6.20 Å². The van der Waals surface area contributed by atoms with E-state index in [0.717, 1.165) is 12.8 Å². The van der Waals surface area contributed by atoms with Gasteiger partial charge in [-0.3, -0.25) is 4.99 Å². The molecule has 0 bridgehead atoms. The molecule has 1 heteroatoms. The molecule has 0 heterocycles. The largest absolute Gasteiger partial charge is 0.266 e. The molecule has 0 aliphatic heterocycles. The van der Waals surface area contributed by atoms with Gasteiger partial charge in [-0.05, 0) is 12.8 Å². The van der Waals surface area contributed by atoms with Gasteiger partial charge in [0.1, 0.15) is 0 Å². The maximum Gasteiger partial charge on any atom is 0.0195 e. The third-order valence-electron chi connectivity index (χ3n) is 1.22. The highest BCUT2D eigenvalue weighted by molar-refractivity contribution is 5.84. The molecule has 0 aromatic rings. The fourth-order valence-corrected chi connectivity index (χ4v) is 0.750. The maximum absolute atomic E-state index is 4.11. The Labute approximate surface area is 57.5 Å². The van der Waals surface area contributed by atoms with Crippen molar-refractivity contribution in [2.75, 3.05) is 0 Å². The first-order chi connectivity index (χ1) is 4.35. The number of nitrogens with zero attached hydrogens (tertiary/aromatic N) is 1. The number of rotatable bonds is 4. The Morgan fingerprint density at radius 3 is 2.56 bits per heavy atom. The van der Waals surface area contributed by atoms with E-state index >= 15 is 0 Å². The minimum Gasteiger partial charge on any atom is -0.266 e. The molecule has 0 aliphatic rings. The van der Waals surface area contributed by atoms with Crippen molar-refractivity contribution >= 4 is 5.71 Å². The van der Waals surface area contributed by atoms with E-state index in [2.05, 4.69) is 25.4 Å². The monoisotopic (exact) mass is 125 g/mol. The van der Waals surface area contributed by atoms with Crippen LogP contribution in [0.3, 0.4) is 0 Å². The Morgan fingerprint density at radius 1 is 1.56 bits per heavy atom. The molecular formula is C8H15N. The molecule has 0 aliphatic carbocycles. The van der Waals surface area contributed by atoms with Crippen molar-refractivity contribution in [2.24, 2.45) is 4.99 Å². The van der Waals surface area contributed by atoms with Gasteiger partial charge >= 0.3 is 0 Å². The summed E-state index contributed by atoms with van der Waals surface area (Å²) in [5.41, 5.74) is 1.26. The lowest BCUT2D eigenvalue weighted by atomic mass is 10.2. The van der Waals surface area contributed by atoms with Crippen molar-refractivity contribution in [3.8, 4) is 0 Å². The van der Waals surface area contributed by atoms with Gasteiger partial charge in [0, 0.05) is 11.9 Å². The van der Waals surface area contributed by atoms with Crippen LogP contribution in [0.15, 0.2) is 17.8 Å². The third kappa shape index (κ3) is 3.95. The molecule has 52 valence electrons. The van der Waals surface area contributed by atoms with E-state index in [1.807, 2.05) is 0 Å². The van der Waals surface area contributed by atoms with Gasteiger partial charge in [0.05, 0.1) is 0 Å². The summed E-state index contributed by atoms with van der Waals surface area (Å²) in [6.45, 7) is 7.83. The second kappa shape index (κ2) is 5.54. The molecule has 9 heavy (non-hydrogen) atoms. The molecule has 0 fully saturated rings. The molecule has 0 aromatic heterocycles. The third-order valence-corrected chi connectivity index (χ3v) is 1.22. The summed E-state index contributed by atoms with van der Waals surface area (Å²) in [5.74, 6) is 0. The zero-order valence-corrected chi connectivity index (χ0v) is 6.35. The maximum atomic E-state index is 4.11. The highest BCUT2D eigenvalue weighted by atomic mass is 14.7. The van der Waals surface area contributed by atoms with Crippen LogP contribution in [0.2, 0.25) is 0 Å². The second-order valence-electron chi connectivity index (χ2n) is 1.98. The van der Waals surface area contributed by atoms with Gasteiger partial charge in [-0.15, -0.1) is 0 Å². The van der Waals surface area contributed by atoms with Gasteiger partial charge in [0.2, 0.25) is 0 Å². The van der Waals surface area contributed by atoms with E-state index < -0.39 is 0 Å². The van der Waals surface area contributed by atoms with E-state index in [1.165, 1.54) is 12.1 Å². The summed E-state index contributed by atoms with van der Waals surface area (Å²) in [4.78, 5) is 4.11. The number of hydrogen-bond donors (Lipinski definition) is 0. The van der Waals surface area contributed by atoms with Crippen molar-refractivity contribution in [1.29, 1.82) is 0 Å². The van der Waals surface area contributed by atoms with Crippen LogP contribution in [-0.2, 0) is 0 Å². The molecule has 0 unspecified atom stereocenters. The van der Waals surface area contributed by atoms with Crippen LogP contribution in [0.1, 0.15) is 33.1 Å². The second-order valence-corrected chi connectivity index (χ2v) is 1.98. The smallest absolute Gasteiger partial charge is 0.0195 e. The summed E-state index contributed by atoms with van der Waals surface area (Å²) in [7, 11) is 0. The summed E-state index contributed by atoms with van der Waals surface area (Å²) >= 11 is 0. The molecule has 1 nitrogen and oxygen atoms in total. The van der Waals surface area contributed by atoms with Crippen LogP contribution in [0.5, 0.6) is 0 Å². The fourth-order valence-electron chi connectivity index (χ4n) is 0.750. The predicted octanol–water partition coefficient (Wildman–Crippen LogP) is 2.78. The van der Waals surface area contributed by atoms with Gasteiger partial charge in [0.25, 0.3) is 0 Å². The average Bonchev–Trinajstić information content (AvgIpc) is 1.88. The Hall–Kier alpha value is -0.590. The fraction of sp³-hybridized carbons (Fsp3) is 0.625. The van der Waals surface area contributed by atoms with E-state index in [-0.39, 0.29) is 0 Å². The van der Waals surface area contributed by atoms with E-state index in [0.29, 0.717) is 0 Å². The minimum absolute atomic E-state index is 1.06. The normalized spacial score (nSPS) is 11.6. The van der Waals surface area contributed by atoms with Crippen molar-refractivity contribution in [2.45, 2.75) is 33.1 Å². The van der Waals surface area contributed by atoms with Crippen molar-refractivity contribution < 1.29 is 0 Å². The van der Waals surface area contributed by atoms with E-state index in [9.17, 15) is 0 Å². The topological polar surface area (TPSA) is 12.4 Å². The van der Waals surface area contributed by atoms with Gasteiger partial charge in [-0.1, -0.05) is 26.8 Å². The standard InChI is InChI=1S/C8H15N/c1-4-7-8(5-2)9-6-3/h6H,3-5,7H2,1-2H3/b9-8+. The SMILES string of the molecule is C=C/N=C(\CC)CCC. The first-order valence-corrected chi connectivity index (χ1v) is 3.51. The lowest BCUT2D eigenvalue weighted by molar-refractivity contribution is 0.966. The summed E-state index contributed by atoms with van der Waals surface area (Å²) in [6.07, 6.45) is 4.97. The van der Waals surface area contributed by atoms with Crippen LogP contribution in [0.4, 0.5) is 0 Å². The molecule has 0 rings (SSSR count). The highest BCUT2D eigenvalue weighted by Crippen LogP contribution is 1.96.